The average Bonchev–Trinajstić information content (AvgIpc) is 2.85. The van der Waals surface area contributed by atoms with Crippen LogP contribution in [-0.2, 0) is 9.53 Å². The number of benzene rings is 1. The average molecular weight is 454 g/mol. The molecule has 0 saturated carbocycles. The normalized spacial score (nSPS) is 18.8. The fraction of sp³-hybridized carbons (Fsp3) is 0.542. The Morgan fingerprint density at radius 3 is 2.55 bits per heavy atom. The summed E-state index contributed by atoms with van der Waals surface area (Å²) in [6.45, 7) is 10.4. The van der Waals surface area contributed by atoms with E-state index in [-0.39, 0.29) is 17.8 Å². The maximum Gasteiger partial charge on any atom is 0.227 e. The first-order valence-electron chi connectivity index (χ1n) is 12.0. The molecule has 0 bridgehead atoms. The highest BCUT2D eigenvalue weighted by molar-refractivity contribution is 5.79. The van der Waals surface area contributed by atoms with Crippen LogP contribution in [0.4, 0.5) is 29.0 Å². The zero-order valence-corrected chi connectivity index (χ0v) is 19.7. The number of aromatic nitrogens is 2. The molecule has 4 rings (SSSR count). The molecule has 178 valence electrons. The largest absolute Gasteiger partial charge is 0.378 e. The maximum absolute atomic E-state index is 12.9. The molecule has 0 spiro atoms. The number of hydrogen-bond acceptors (Lipinski definition) is 8. The van der Waals surface area contributed by atoms with Crippen LogP contribution in [-0.4, -0.2) is 73.3 Å². The van der Waals surface area contributed by atoms with E-state index in [1.54, 1.807) is 0 Å². The van der Waals surface area contributed by atoms with Gasteiger partial charge in [-0.1, -0.05) is 0 Å². The summed E-state index contributed by atoms with van der Waals surface area (Å²) in [5, 5.41) is 3.35. The zero-order chi connectivity index (χ0) is 23.2. The van der Waals surface area contributed by atoms with Crippen molar-refractivity contribution in [2.24, 2.45) is 5.92 Å². The number of piperidine rings is 1. The van der Waals surface area contributed by atoms with Gasteiger partial charge in [0.2, 0.25) is 11.9 Å². The topological polar surface area (TPSA) is 99.9 Å². The molecular weight excluding hydrogens is 418 g/mol. The minimum Gasteiger partial charge on any atom is -0.378 e. The third-order valence-corrected chi connectivity index (χ3v) is 6.42. The van der Waals surface area contributed by atoms with Gasteiger partial charge in [-0.2, -0.15) is 9.97 Å². The van der Waals surface area contributed by atoms with Crippen molar-refractivity contribution in [3.63, 3.8) is 0 Å². The van der Waals surface area contributed by atoms with Gasteiger partial charge < -0.3 is 30.5 Å². The second-order valence-corrected chi connectivity index (χ2v) is 8.54. The van der Waals surface area contributed by atoms with E-state index in [9.17, 15) is 4.79 Å². The Morgan fingerprint density at radius 2 is 1.85 bits per heavy atom. The standard InChI is InChI=1S/C24H35N7O2/c1-3-29(4-2)23(32)18-6-5-11-31(17-18)22-16-21(27-24(25)28-22)26-19-7-9-20(10-8-19)30-12-14-33-15-13-30/h7-10,16,18H,3-6,11-15,17H2,1-2H3,(H3,25,26,27,28). The van der Waals surface area contributed by atoms with Gasteiger partial charge in [-0.05, 0) is 51.0 Å². The van der Waals surface area contributed by atoms with Crippen LogP contribution in [0.1, 0.15) is 26.7 Å². The van der Waals surface area contributed by atoms with Gasteiger partial charge in [0, 0.05) is 56.7 Å². The van der Waals surface area contributed by atoms with Crippen molar-refractivity contribution in [1.82, 2.24) is 14.9 Å². The van der Waals surface area contributed by atoms with Crippen LogP contribution in [0.15, 0.2) is 30.3 Å². The van der Waals surface area contributed by atoms with Crippen LogP contribution in [0.2, 0.25) is 0 Å². The number of hydrogen-bond donors (Lipinski definition) is 2. The van der Waals surface area contributed by atoms with E-state index in [1.807, 2.05) is 36.9 Å². The Bertz CT molecular complexity index is 927. The van der Waals surface area contributed by atoms with Crippen LogP contribution in [0, 0.1) is 5.92 Å². The first kappa shape index (κ1) is 23.1. The van der Waals surface area contributed by atoms with E-state index in [0.29, 0.717) is 12.4 Å². The number of rotatable bonds is 7. The summed E-state index contributed by atoms with van der Waals surface area (Å²) in [6, 6.07) is 10.2. The minimum absolute atomic E-state index is 0.0148. The first-order chi connectivity index (χ1) is 16.1. The van der Waals surface area contributed by atoms with E-state index < -0.39 is 0 Å². The number of nitrogens with one attached hydrogen (secondary N) is 1. The summed E-state index contributed by atoms with van der Waals surface area (Å²) >= 11 is 0. The Labute approximate surface area is 195 Å². The SMILES string of the molecule is CCN(CC)C(=O)C1CCCN(c2cc(Nc3ccc(N4CCOCC4)cc3)nc(N)n2)C1. The summed E-state index contributed by atoms with van der Waals surface area (Å²) in [4.78, 5) is 28.1. The van der Waals surface area contributed by atoms with Crippen molar-refractivity contribution in [2.75, 3.05) is 73.3 Å². The highest BCUT2D eigenvalue weighted by atomic mass is 16.5. The molecule has 9 nitrogen and oxygen atoms in total. The lowest BCUT2D eigenvalue weighted by molar-refractivity contribution is -0.135. The number of nitrogens with two attached hydrogens (primary N) is 1. The number of nitrogens with zero attached hydrogens (tertiary/aromatic N) is 5. The molecule has 0 aliphatic carbocycles. The van der Waals surface area contributed by atoms with E-state index >= 15 is 0 Å². The van der Waals surface area contributed by atoms with Crippen molar-refractivity contribution < 1.29 is 9.53 Å². The van der Waals surface area contributed by atoms with Gasteiger partial charge in [-0.15, -0.1) is 0 Å². The van der Waals surface area contributed by atoms with Crippen LogP contribution < -0.4 is 20.9 Å². The lowest BCUT2D eigenvalue weighted by Gasteiger charge is -2.35. The van der Waals surface area contributed by atoms with Gasteiger partial charge in [0.25, 0.3) is 0 Å². The highest BCUT2D eigenvalue weighted by Crippen LogP contribution is 2.27. The molecule has 3 heterocycles. The highest BCUT2D eigenvalue weighted by Gasteiger charge is 2.29. The van der Waals surface area contributed by atoms with Crippen molar-refractivity contribution in [3.05, 3.63) is 30.3 Å². The number of carbonyl (C=O) groups is 1. The monoisotopic (exact) mass is 453 g/mol. The van der Waals surface area contributed by atoms with E-state index in [2.05, 4.69) is 37.2 Å². The molecule has 0 radical (unpaired) electrons. The molecule has 2 saturated heterocycles. The van der Waals surface area contributed by atoms with Gasteiger partial charge >= 0.3 is 0 Å². The van der Waals surface area contributed by atoms with Crippen molar-refractivity contribution in [2.45, 2.75) is 26.7 Å². The predicted octanol–water partition coefficient (Wildman–Crippen LogP) is 2.72. The van der Waals surface area contributed by atoms with Gasteiger partial charge in [0.1, 0.15) is 11.6 Å². The molecule has 1 aromatic carbocycles. The van der Waals surface area contributed by atoms with E-state index in [0.717, 1.165) is 70.3 Å². The molecule has 1 atom stereocenters. The van der Waals surface area contributed by atoms with E-state index in [4.69, 9.17) is 10.5 Å². The number of ether oxygens (including phenoxy) is 1. The number of carbonyl (C=O) groups excluding carboxylic acids is 1. The summed E-state index contributed by atoms with van der Waals surface area (Å²) < 4.78 is 5.43. The first-order valence-corrected chi connectivity index (χ1v) is 12.0. The minimum atomic E-state index is -0.0148. The summed E-state index contributed by atoms with van der Waals surface area (Å²) in [5.74, 6) is 1.84. The maximum atomic E-state index is 12.9. The molecule has 3 N–H and O–H groups in total. The summed E-state index contributed by atoms with van der Waals surface area (Å²) in [6.07, 6.45) is 1.86. The second-order valence-electron chi connectivity index (χ2n) is 8.54. The molecular formula is C24H35N7O2. The van der Waals surface area contributed by atoms with Gasteiger partial charge in [-0.3, -0.25) is 4.79 Å². The van der Waals surface area contributed by atoms with Crippen LogP contribution in [0.25, 0.3) is 0 Å². The zero-order valence-electron chi connectivity index (χ0n) is 19.7. The molecule has 1 unspecified atom stereocenters. The fourth-order valence-corrected chi connectivity index (χ4v) is 4.58. The molecule has 33 heavy (non-hydrogen) atoms. The van der Waals surface area contributed by atoms with Crippen LogP contribution in [0.3, 0.4) is 0 Å². The summed E-state index contributed by atoms with van der Waals surface area (Å²) in [5.41, 5.74) is 8.16. The van der Waals surface area contributed by atoms with E-state index in [1.165, 1.54) is 5.69 Å². The Kier molecular flexibility index (Phi) is 7.49. The number of anilines is 5. The van der Waals surface area contributed by atoms with Gasteiger partial charge in [0.15, 0.2) is 0 Å². The predicted molar refractivity (Wildman–Crippen MR) is 132 cm³/mol. The van der Waals surface area contributed by atoms with Crippen molar-refractivity contribution in [1.29, 1.82) is 0 Å². The third kappa shape index (κ3) is 5.65. The lowest BCUT2D eigenvalue weighted by atomic mass is 9.96. The molecule has 2 fully saturated rings. The molecule has 2 aromatic rings. The third-order valence-electron chi connectivity index (χ3n) is 6.42. The molecule has 1 amide bonds. The Morgan fingerprint density at radius 1 is 1.12 bits per heavy atom. The lowest BCUT2D eigenvalue weighted by Crippen LogP contribution is -2.45. The van der Waals surface area contributed by atoms with Crippen molar-refractivity contribution in [3.8, 4) is 0 Å². The number of nitrogen functional groups attached to an aromatic ring is 1. The second kappa shape index (κ2) is 10.7. The molecule has 2 aliphatic rings. The Hall–Kier alpha value is -3.07. The molecule has 9 heteroatoms. The number of morpholine rings is 1. The fourth-order valence-electron chi connectivity index (χ4n) is 4.58. The molecule has 1 aromatic heterocycles. The number of amides is 1. The smallest absolute Gasteiger partial charge is 0.227 e. The van der Waals surface area contributed by atoms with Crippen molar-refractivity contribution >= 4 is 34.9 Å². The van der Waals surface area contributed by atoms with Crippen LogP contribution in [0.5, 0.6) is 0 Å². The van der Waals surface area contributed by atoms with Gasteiger partial charge in [-0.25, -0.2) is 0 Å². The molecule has 2 aliphatic heterocycles. The van der Waals surface area contributed by atoms with Crippen LogP contribution >= 0.6 is 0 Å². The Balaban J connectivity index is 1.44. The van der Waals surface area contributed by atoms with Gasteiger partial charge in [0.05, 0.1) is 19.1 Å². The quantitative estimate of drug-likeness (QED) is 0.660. The summed E-state index contributed by atoms with van der Waals surface area (Å²) in [7, 11) is 0.